The Morgan fingerprint density at radius 3 is 2.67 bits per heavy atom. The Balaban J connectivity index is 1.82. The zero-order chi connectivity index (χ0) is 14.7. The van der Waals surface area contributed by atoms with Crippen molar-refractivity contribution in [2.45, 2.75) is 6.42 Å². The number of thiophene rings is 1. The number of hydrogen-bond donors (Lipinski definition) is 1. The molecule has 2 heterocycles. The second-order valence-corrected chi connectivity index (χ2v) is 6.65. The molecule has 0 bridgehead atoms. The van der Waals surface area contributed by atoms with Crippen LogP contribution in [-0.4, -0.2) is 18.0 Å². The van der Waals surface area contributed by atoms with Crippen molar-refractivity contribution in [1.82, 2.24) is 4.37 Å². The zero-order valence-electron chi connectivity index (χ0n) is 11.8. The third-order valence-electron chi connectivity index (χ3n) is 3.38. The maximum absolute atomic E-state index is 6.08. The van der Waals surface area contributed by atoms with Gasteiger partial charge in [-0.1, -0.05) is 36.4 Å². The van der Waals surface area contributed by atoms with Gasteiger partial charge in [0.1, 0.15) is 10.8 Å². The van der Waals surface area contributed by atoms with Gasteiger partial charge in [-0.05, 0) is 35.0 Å². The highest BCUT2D eigenvalue weighted by Gasteiger charge is 2.16. The van der Waals surface area contributed by atoms with E-state index in [0.717, 1.165) is 29.1 Å². The lowest BCUT2D eigenvalue weighted by Crippen LogP contribution is -2.19. The first-order valence-corrected chi connectivity index (χ1v) is 8.45. The van der Waals surface area contributed by atoms with Crippen LogP contribution in [0.1, 0.15) is 4.88 Å². The third-order valence-corrected chi connectivity index (χ3v) is 5.30. The molecule has 0 aliphatic rings. The van der Waals surface area contributed by atoms with Crippen LogP contribution in [0.3, 0.4) is 0 Å². The van der Waals surface area contributed by atoms with E-state index in [1.165, 1.54) is 16.4 Å². The van der Waals surface area contributed by atoms with Crippen molar-refractivity contribution >= 4 is 33.7 Å². The molecule has 2 N–H and O–H groups in total. The van der Waals surface area contributed by atoms with Crippen LogP contribution in [0.25, 0.3) is 11.1 Å². The number of anilines is 2. The number of aromatic nitrogens is 1. The maximum Gasteiger partial charge on any atom is 0.147 e. The van der Waals surface area contributed by atoms with Gasteiger partial charge < -0.3 is 10.6 Å². The summed E-state index contributed by atoms with van der Waals surface area (Å²) >= 11 is 3.27. The topological polar surface area (TPSA) is 42.2 Å². The normalized spacial score (nSPS) is 10.7. The Morgan fingerprint density at radius 1 is 1.14 bits per heavy atom. The predicted molar refractivity (Wildman–Crippen MR) is 93.3 cm³/mol. The van der Waals surface area contributed by atoms with Crippen LogP contribution in [-0.2, 0) is 6.42 Å². The quantitative estimate of drug-likeness (QED) is 0.769. The average molecular weight is 315 g/mol. The molecule has 0 aliphatic carbocycles. The van der Waals surface area contributed by atoms with Crippen LogP contribution in [0, 0.1) is 0 Å². The highest BCUT2D eigenvalue weighted by atomic mass is 32.1. The molecular formula is C16H17N3S2. The summed E-state index contributed by atoms with van der Waals surface area (Å²) < 4.78 is 4.34. The van der Waals surface area contributed by atoms with Gasteiger partial charge in [0, 0.05) is 18.5 Å². The molecule has 2 aromatic heterocycles. The standard InChI is InChI=1S/C16H17N3S2/c1-19(10-9-13-8-5-11-20-13)16-14(15(17)18-21-16)12-6-3-2-4-7-12/h2-8,11H,9-10H2,1H3,(H2,17,18). The molecule has 21 heavy (non-hydrogen) atoms. The molecule has 0 saturated heterocycles. The molecular weight excluding hydrogens is 298 g/mol. The van der Waals surface area contributed by atoms with Crippen LogP contribution >= 0.6 is 22.9 Å². The molecule has 0 amide bonds. The SMILES string of the molecule is CN(CCc1cccs1)c1snc(N)c1-c1ccccc1. The Hall–Kier alpha value is -1.85. The lowest BCUT2D eigenvalue weighted by Gasteiger charge is -2.18. The van der Waals surface area contributed by atoms with E-state index in [2.05, 4.69) is 46.0 Å². The molecule has 0 fully saturated rings. The van der Waals surface area contributed by atoms with E-state index < -0.39 is 0 Å². The monoisotopic (exact) mass is 315 g/mol. The van der Waals surface area contributed by atoms with E-state index in [1.54, 1.807) is 11.3 Å². The van der Waals surface area contributed by atoms with Crippen LogP contribution in [0.15, 0.2) is 47.8 Å². The van der Waals surface area contributed by atoms with Crippen LogP contribution in [0.5, 0.6) is 0 Å². The molecule has 108 valence electrons. The predicted octanol–water partition coefficient (Wildman–Crippen LogP) is 4.13. The number of rotatable bonds is 5. The number of nitrogen functional groups attached to an aromatic ring is 1. The molecule has 5 heteroatoms. The Morgan fingerprint density at radius 2 is 1.95 bits per heavy atom. The van der Waals surface area contributed by atoms with Gasteiger partial charge in [0.25, 0.3) is 0 Å². The second-order valence-electron chi connectivity index (χ2n) is 4.86. The van der Waals surface area contributed by atoms with Crippen molar-refractivity contribution in [3.8, 4) is 11.1 Å². The van der Waals surface area contributed by atoms with Crippen molar-refractivity contribution in [1.29, 1.82) is 0 Å². The fraction of sp³-hybridized carbons (Fsp3) is 0.188. The van der Waals surface area contributed by atoms with Crippen molar-refractivity contribution in [2.75, 3.05) is 24.2 Å². The summed E-state index contributed by atoms with van der Waals surface area (Å²) in [5.74, 6) is 0.615. The van der Waals surface area contributed by atoms with Crippen molar-refractivity contribution in [3.05, 3.63) is 52.7 Å². The van der Waals surface area contributed by atoms with E-state index >= 15 is 0 Å². The summed E-state index contributed by atoms with van der Waals surface area (Å²) in [7, 11) is 2.10. The molecule has 0 saturated carbocycles. The minimum absolute atomic E-state index is 0.615. The summed E-state index contributed by atoms with van der Waals surface area (Å²) in [6, 6.07) is 14.5. The lowest BCUT2D eigenvalue weighted by molar-refractivity contribution is 0.897. The van der Waals surface area contributed by atoms with Gasteiger partial charge in [-0.25, -0.2) is 0 Å². The molecule has 0 aliphatic heterocycles. The molecule has 0 atom stereocenters. The Bertz CT molecular complexity index is 690. The van der Waals surface area contributed by atoms with Crippen LogP contribution in [0.2, 0.25) is 0 Å². The Labute approximate surface area is 132 Å². The molecule has 0 spiro atoms. The summed E-state index contributed by atoms with van der Waals surface area (Å²) in [5.41, 5.74) is 8.25. The molecule has 0 unspecified atom stereocenters. The van der Waals surface area contributed by atoms with E-state index in [4.69, 9.17) is 5.73 Å². The van der Waals surface area contributed by atoms with Gasteiger partial charge in [-0.2, -0.15) is 4.37 Å². The molecule has 3 aromatic rings. The molecule has 3 nitrogen and oxygen atoms in total. The first-order valence-electron chi connectivity index (χ1n) is 6.80. The van der Waals surface area contributed by atoms with Crippen molar-refractivity contribution < 1.29 is 0 Å². The molecule has 1 aromatic carbocycles. The zero-order valence-corrected chi connectivity index (χ0v) is 13.5. The highest BCUT2D eigenvalue weighted by molar-refractivity contribution is 7.11. The highest BCUT2D eigenvalue weighted by Crippen LogP contribution is 2.38. The number of nitrogens with two attached hydrogens (primary N) is 1. The number of hydrogen-bond acceptors (Lipinski definition) is 5. The van der Waals surface area contributed by atoms with Crippen LogP contribution in [0.4, 0.5) is 10.8 Å². The second kappa shape index (κ2) is 6.28. The van der Waals surface area contributed by atoms with Crippen molar-refractivity contribution in [3.63, 3.8) is 0 Å². The largest absolute Gasteiger partial charge is 0.382 e. The smallest absolute Gasteiger partial charge is 0.147 e. The van der Waals surface area contributed by atoms with Gasteiger partial charge in [-0.15, -0.1) is 11.3 Å². The molecule has 3 rings (SSSR count). The van der Waals surface area contributed by atoms with Gasteiger partial charge in [0.15, 0.2) is 0 Å². The maximum atomic E-state index is 6.08. The van der Waals surface area contributed by atoms with Gasteiger partial charge in [0.2, 0.25) is 0 Å². The van der Waals surface area contributed by atoms with Gasteiger partial charge in [-0.3, -0.25) is 0 Å². The van der Waals surface area contributed by atoms with Crippen molar-refractivity contribution in [2.24, 2.45) is 0 Å². The minimum Gasteiger partial charge on any atom is -0.382 e. The lowest BCUT2D eigenvalue weighted by atomic mass is 10.1. The number of benzene rings is 1. The third kappa shape index (κ3) is 3.09. The summed E-state index contributed by atoms with van der Waals surface area (Å²) in [6.07, 6.45) is 1.04. The first kappa shape index (κ1) is 14.1. The number of nitrogens with zero attached hydrogens (tertiary/aromatic N) is 2. The Kier molecular flexibility index (Phi) is 4.22. The van der Waals surface area contributed by atoms with E-state index in [0.29, 0.717) is 5.82 Å². The summed E-state index contributed by atoms with van der Waals surface area (Å²) in [5, 5.41) is 3.25. The van der Waals surface area contributed by atoms with Gasteiger partial charge in [0.05, 0.1) is 5.56 Å². The average Bonchev–Trinajstić information content (AvgIpc) is 3.15. The molecule has 0 radical (unpaired) electrons. The fourth-order valence-corrected chi connectivity index (χ4v) is 3.78. The summed E-state index contributed by atoms with van der Waals surface area (Å²) in [6.45, 7) is 0.960. The van der Waals surface area contributed by atoms with E-state index in [9.17, 15) is 0 Å². The van der Waals surface area contributed by atoms with Gasteiger partial charge >= 0.3 is 0 Å². The summed E-state index contributed by atoms with van der Waals surface area (Å²) in [4.78, 5) is 3.65. The van der Waals surface area contributed by atoms with E-state index in [-0.39, 0.29) is 0 Å². The van der Waals surface area contributed by atoms with E-state index in [1.807, 2.05) is 18.2 Å². The fourth-order valence-electron chi connectivity index (χ4n) is 2.26. The van der Waals surface area contributed by atoms with Crippen LogP contribution < -0.4 is 10.6 Å². The minimum atomic E-state index is 0.615. The first-order chi connectivity index (χ1) is 10.3. The number of likely N-dealkylation sites (N-methyl/N-ethyl adjacent to an activating group) is 1.